The fraction of sp³-hybridized carbons (Fsp3) is 0.692. The topological polar surface area (TPSA) is 37.8 Å². The van der Waals surface area contributed by atoms with Crippen LogP contribution in [0, 0.1) is 6.92 Å². The first-order chi connectivity index (χ1) is 7.81. The molecule has 3 nitrogen and oxygen atoms in total. The fourth-order valence-corrected chi connectivity index (χ4v) is 2.33. The van der Waals surface area contributed by atoms with Crippen LogP contribution in [-0.4, -0.2) is 23.1 Å². The normalized spacial score (nSPS) is 14.9. The van der Waals surface area contributed by atoms with Crippen molar-refractivity contribution in [1.82, 2.24) is 15.3 Å². The highest BCUT2D eigenvalue weighted by atomic mass is 14.9. The third-order valence-corrected chi connectivity index (χ3v) is 3.21. The zero-order chi connectivity index (χ0) is 11.4. The Bertz CT molecular complexity index is 360. The van der Waals surface area contributed by atoms with Gasteiger partial charge in [-0.2, -0.15) is 0 Å². The second kappa shape index (κ2) is 5.39. The molecule has 0 radical (unpaired) electrons. The summed E-state index contributed by atoms with van der Waals surface area (Å²) in [6, 6.07) is 0. The summed E-state index contributed by atoms with van der Waals surface area (Å²) < 4.78 is 0. The maximum atomic E-state index is 4.69. The zero-order valence-electron chi connectivity index (χ0n) is 10.3. The highest BCUT2D eigenvalue weighted by Crippen LogP contribution is 2.21. The Morgan fingerprint density at radius 3 is 2.81 bits per heavy atom. The summed E-state index contributed by atoms with van der Waals surface area (Å²) in [5, 5.41) is 3.32. The van der Waals surface area contributed by atoms with Gasteiger partial charge in [0.1, 0.15) is 5.82 Å². The highest BCUT2D eigenvalue weighted by molar-refractivity contribution is 5.27. The molecule has 0 saturated carbocycles. The minimum atomic E-state index is 0.946. The first-order valence-electron chi connectivity index (χ1n) is 6.37. The van der Waals surface area contributed by atoms with Gasteiger partial charge >= 0.3 is 0 Å². The van der Waals surface area contributed by atoms with Gasteiger partial charge in [-0.3, -0.25) is 0 Å². The van der Waals surface area contributed by atoms with Gasteiger partial charge in [-0.05, 0) is 44.7 Å². The molecule has 0 amide bonds. The van der Waals surface area contributed by atoms with Crippen molar-refractivity contribution in [2.75, 3.05) is 13.1 Å². The molecule has 1 aliphatic rings. The molecule has 2 rings (SSSR count). The van der Waals surface area contributed by atoms with Gasteiger partial charge < -0.3 is 5.32 Å². The molecule has 16 heavy (non-hydrogen) atoms. The molecule has 0 aliphatic heterocycles. The van der Waals surface area contributed by atoms with Crippen LogP contribution in [0.15, 0.2) is 0 Å². The van der Waals surface area contributed by atoms with Gasteiger partial charge in [0.15, 0.2) is 0 Å². The summed E-state index contributed by atoms with van der Waals surface area (Å²) >= 11 is 0. The number of aryl methyl sites for hydroxylation is 2. The summed E-state index contributed by atoms with van der Waals surface area (Å²) in [7, 11) is 0. The average molecular weight is 219 g/mol. The molecule has 1 aliphatic carbocycles. The molecule has 0 fully saturated rings. The number of nitrogens with one attached hydrogen (secondary N) is 1. The van der Waals surface area contributed by atoms with Gasteiger partial charge in [-0.25, -0.2) is 9.97 Å². The van der Waals surface area contributed by atoms with E-state index in [1.54, 1.807) is 0 Å². The van der Waals surface area contributed by atoms with Crippen molar-refractivity contribution < 1.29 is 0 Å². The van der Waals surface area contributed by atoms with E-state index in [4.69, 9.17) is 4.98 Å². The van der Waals surface area contributed by atoms with Gasteiger partial charge in [0.2, 0.25) is 0 Å². The lowest BCUT2D eigenvalue weighted by Crippen LogP contribution is -2.19. The number of likely N-dealkylation sites (N-methyl/N-ethyl adjacent to an activating group) is 1. The smallest absolute Gasteiger partial charge is 0.130 e. The molecule has 88 valence electrons. The van der Waals surface area contributed by atoms with Crippen LogP contribution in [0.5, 0.6) is 0 Å². The highest BCUT2D eigenvalue weighted by Gasteiger charge is 2.14. The molecule has 0 spiro atoms. The van der Waals surface area contributed by atoms with Crippen molar-refractivity contribution in [2.45, 2.75) is 46.0 Å². The van der Waals surface area contributed by atoms with Crippen LogP contribution in [0.4, 0.5) is 0 Å². The van der Waals surface area contributed by atoms with Gasteiger partial charge in [-0.15, -0.1) is 0 Å². The molecule has 1 N–H and O–H groups in total. The maximum absolute atomic E-state index is 4.69. The number of aromatic nitrogens is 2. The van der Waals surface area contributed by atoms with Crippen molar-refractivity contribution in [2.24, 2.45) is 0 Å². The van der Waals surface area contributed by atoms with E-state index in [0.29, 0.717) is 0 Å². The molecule has 1 aromatic rings. The second-order valence-corrected chi connectivity index (χ2v) is 4.46. The Morgan fingerprint density at radius 1 is 1.19 bits per heavy atom. The molecular formula is C13H21N3. The van der Waals surface area contributed by atoms with Crippen LogP contribution in [0.1, 0.15) is 42.5 Å². The first-order valence-corrected chi connectivity index (χ1v) is 6.37. The minimum Gasteiger partial charge on any atom is -0.317 e. The van der Waals surface area contributed by atoms with E-state index in [9.17, 15) is 0 Å². The van der Waals surface area contributed by atoms with Gasteiger partial charge in [0.05, 0.1) is 0 Å². The van der Waals surface area contributed by atoms with Crippen molar-refractivity contribution in [3.05, 3.63) is 22.8 Å². The number of hydrogen-bond acceptors (Lipinski definition) is 3. The predicted molar refractivity (Wildman–Crippen MR) is 65.7 cm³/mol. The standard InChI is InChI=1S/C13H21N3/c1-3-14-9-8-13-15-10(2)11-6-4-5-7-12(11)16-13/h14H,3-9H2,1-2H3. The third kappa shape index (κ3) is 2.59. The molecule has 1 heterocycles. The van der Waals surface area contributed by atoms with Crippen LogP contribution in [0.3, 0.4) is 0 Å². The lowest BCUT2D eigenvalue weighted by Gasteiger charge is -2.17. The van der Waals surface area contributed by atoms with E-state index in [1.165, 1.54) is 36.2 Å². The van der Waals surface area contributed by atoms with Crippen LogP contribution in [-0.2, 0) is 19.3 Å². The number of hydrogen-bond donors (Lipinski definition) is 1. The summed E-state index contributed by atoms with van der Waals surface area (Å²) in [5.74, 6) is 1.01. The molecule has 0 saturated heterocycles. The molecule has 1 aromatic heterocycles. The van der Waals surface area contributed by atoms with Gasteiger partial charge in [-0.1, -0.05) is 6.92 Å². The summed E-state index contributed by atoms with van der Waals surface area (Å²) in [6.45, 7) is 6.25. The molecular weight excluding hydrogens is 198 g/mol. The predicted octanol–water partition coefficient (Wildman–Crippen LogP) is 1.82. The van der Waals surface area contributed by atoms with E-state index in [2.05, 4.69) is 24.1 Å². The minimum absolute atomic E-state index is 0.946. The van der Waals surface area contributed by atoms with Crippen LogP contribution in [0.25, 0.3) is 0 Å². The van der Waals surface area contributed by atoms with E-state index in [1.807, 2.05) is 0 Å². The van der Waals surface area contributed by atoms with Crippen molar-refractivity contribution in [3.63, 3.8) is 0 Å². The van der Waals surface area contributed by atoms with E-state index in [0.717, 1.165) is 31.8 Å². The van der Waals surface area contributed by atoms with Crippen LogP contribution in [0.2, 0.25) is 0 Å². The van der Waals surface area contributed by atoms with Gasteiger partial charge in [0.25, 0.3) is 0 Å². The Kier molecular flexibility index (Phi) is 3.88. The Hall–Kier alpha value is -0.960. The molecule has 0 aromatic carbocycles. The van der Waals surface area contributed by atoms with Crippen molar-refractivity contribution in [1.29, 1.82) is 0 Å². The molecule has 0 bridgehead atoms. The van der Waals surface area contributed by atoms with Gasteiger partial charge in [0, 0.05) is 24.4 Å². The second-order valence-electron chi connectivity index (χ2n) is 4.46. The summed E-state index contributed by atoms with van der Waals surface area (Å²) in [5.41, 5.74) is 3.93. The average Bonchev–Trinajstić information content (AvgIpc) is 2.30. The quantitative estimate of drug-likeness (QED) is 0.785. The lowest BCUT2D eigenvalue weighted by molar-refractivity contribution is 0.636. The third-order valence-electron chi connectivity index (χ3n) is 3.21. The summed E-state index contributed by atoms with van der Waals surface area (Å²) in [4.78, 5) is 9.30. The molecule has 3 heteroatoms. The van der Waals surface area contributed by atoms with E-state index >= 15 is 0 Å². The van der Waals surface area contributed by atoms with Crippen molar-refractivity contribution >= 4 is 0 Å². The van der Waals surface area contributed by atoms with Crippen LogP contribution < -0.4 is 5.32 Å². The summed E-state index contributed by atoms with van der Waals surface area (Å²) in [6.07, 6.45) is 5.85. The number of fused-ring (bicyclic) bond motifs is 1. The molecule has 0 atom stereocenters. The largest absolute Gasteiger partial charge is 0.317 e. The fourth-order valence-electron chi connectivity index (χ4n) is 2.33. The monoisotopic (exact) mass is 219 g/mol. The van der Waals surface area contributed by atoms with E-state index in [-0.39, 0.29) is 0 Å². The number of nitrogens with zero attached hydrogens (tertiary/aromatic N) is 2. The van der Waals surface area contributed by atoms with Crippen molar-refractivity contribution in [3.8, 4) is 0 Å². The maximum Gasteiger partial charge on any atom is 0.130 e. The first kappa shape index (κ1) is 11.5. The van der Waals surface area contributed by atoms with E-state index < -0.39 is 0 Å². The zero-order valence-corrected chi connectivity index (χ0v) is 10.3. The lowest BCUT2D eigenvalue weighted by atomic mass is 9.95. The molecule has 0 unspecified atom stereocenters. The number of rotatable bonds is 4. The Morgan fingerprint density at radius 2 is 2.00 bits per heavy atom. The Labute approximate surface area is 97.7 Å². The SMILES string of the molecule is CCNCCc1nc(C)c2c(n1)CCCC2. The Balaban J connectivity index is 2.12. The van der Waals surface area contributed by atoms with Crippen LogP contribution >= 0.6 is 0 Å².